The lowest BCUT2D eigenvalue weighted by Gasteiger charge is -2.27. The van der Waals surface area contributed by atoms with E-state index in [0.29, 0.717) is 13.1 Å². The normalized spacial score (nSPS) is 18.3. The zero-order valence-electron chi connectivity index (χ0n) is 21.7. The van der Waals surface area contributed by atoms with E-state index in [1.165, 1.54) is 0 Å². The number of nitrogens with one attached hydrogen (secondary N) is 4. The first-order valence-corrected chi connectivity index (χ1v) is 13.1. The molecule has 0 aliphatic carbocycles. The van der Waals surface area contributed by atoms with Crippen molar-refractivity contribution in [3.63, 3.8) is 0 Å². The summed E-state index contributed by atoms with van der Waals surface area (Å²) < 4.78 is 0. The number of carbonyl (C=O) groups is 2. The van der Waals surface area contributed by atoms with Crippen LogP contribution in [0.2, 0.25) is 0 Å². The van der Waals surface area contributed by atoms with Crippen molar-refractivity contribution < 1.29 is 9.59 Å². The molecule has 2 atom stereocenters. The van der Waals surface area contributed by atoms with Gasteiger partial charge in [-0.25, -0.2) is 0 Å². The Bertz CT molecular complexity index is 823. The third-order valence-corrected chi connectivity index (χ3v) is 6.51. The molecule has 0 bridgehead atoms. The molecule has 1 aliphatic rings. The van der Waals surface area contributed by atoms with Crippen LogP contribution in [0.15, 0.2) is 60.7 Å². The van der Waals surface area contributed by atoms with Crippen molar-refractivity contribution in [3.05, 3.63) is 71.8 Å². The zero-order valence-corrected chi connectivity index (χ0v) is 21.7. The summed E-state index contributed by atoms with van der Waals surface area (Å²) in [7, 11) is 0. The van der Waals surface area contributed by atoms with E-state index in [4.69, 9.17) is 0 Å². The molecule has 8 heteroatoms. The summed E-state index contributed by atoms with van der Waals surface area (Å²) in [6, 6.07) is 20.0. The summed E-state index contributed by atoms with van der Waals surface area (Å²) in [5, 5.41) is 13.2. The highest BCUT2D eigenvalue weighted by Gasteiger charge is 2.16. The Hall–Kier alpha value is -2.78. The van der Waals surface area contributed by atoms with Gasteiger partial charge in [0.2, 0.25) is 11.8 Å². The molecular formula is C28H42N6O2. The minimum Gasteiger partial charge on any atom is -0.348 e. The average molecular weight is 495 g/mol. The highest BCUT2D eigenvalue weighted by atomic mass is 16.2. The minimum absolute atomic E-state index is 0.0127. The topological polar surface area (TPSA) is 88.7 Å². The maximum absolute atomic E-state index is 12.6. The molecule has 36 heavy (non-hydrogen) atoms. The number of amides is 2. The van der Waals surface area contributed by atoms with Crippen LogP contribution >= 0.6 is 0 Å². The Morgan fingerprint density at radius 3 is 1.33 bits per heavy atom. The van der Waals surface area contributed by atoms with Gasteiger partial charge in [-0.2, -0.15) is 0 Å². The van der Waals surface area contributed by atoms with E-state index in [1.54, 1.807) is 0 Å². The van der Waals surface area contributed by atoms with Crippen LogP contribution in [-0.2, 0) is 9.59 Å². The summed E-state index contributed by atoms with van der Waals surface area (Å²) >= 11 is 0. The zero-order chi connectivity index (χ0) is 25.6. The van der Waals surface area contributed by atoms with Crippen LogP contribution in [0.5, 0.6) is 0 Å². The fourth-order valence-corrected chi connectivity index (χ4v) is 4.37. The van der Waals surface area contributed by atoms with Crippen LogP contribution in [0.1, 0.15) is 37.1 Å². The molecule has 2 amide bonds. The van der Waals surface area contributed by atoms with Crippen LogP contribution in [0.4, 0.5) is 0 Å². The van der Waals surface area contributed by atoms with Crippen molar-refractivity contribution in [1.29, 1.82) is 0 Å². The molecule has 8 nitrogen and oxygen atoms in total. The summed E-state index contributed by atoms with van der Waals surface area (Å²) in [6.45, 7) is 11.2. The van der Waals surface area contributed by atoms with Gasteiger partial charge in [0.15, 0.2) is 0 Å². The largest absolute Gasteiger partial charge is 0.348 e. The first-order chi connectivity index (χ1) is 17.5. The van der Waals surface area contributed by atoms with Crippen molar-refractivity contribution >= 4 is 11.8 Å². The Morgan fingerprint density at radius 1 is 0.667 bits per heavy atom. The molecular weight excluding hydrogens is 452 g/mol. The van der Waals surface area contributed by atoms with Crippen molar-refractivity contribution in [2.45, 2.75) is 25.9 Å². The van der Waals surface area contributed by atoms with Crippen molar-refractivity contribution in [2.75, 3.05) is 65.4 Å². The maximum atomic E-state index is 12.6. The van der Waals surface area contributed by atoms with Gasteiger partial charge in [-0.05, 0) is 25.0 Å². The van der Waals surface area contributed by atoms with Gasteiger partial charge in [0.1, 0.15) is 0 Å². The highest BCUT2D eigenvalue weighted by Crippen LogP contribution is 2.11. The first-order valence-electron chi connectivity index (χ1n) is 13.1. The van der Waals surface area contributed by atoms with E-state index < -0.39 is 0 Å². The van der Waals surface area contributed by atoms with Crippen molar-refractivity contribution in [3.8, 4) is 0 Å². The molecule has 1 saturated heterocycles. The predicted molar refractivity (Wildman–Crippen MR) is 145 cm³/mol. The Labute approximate surface area is 215 Å². The van der Waals surface area contributed by atoms with E-state index in [9.17, 15) is 9.59 Å². The fraction of sp³-hybridized carbons (Fsp3) is 0.500. The third kappa shape index (κ3) is 10.1. The molecule has 2 aromatic rings. The molecule has 4 N–H and O–H groups in total. The Morgan fingerprint density at radius 2 is 1.00 bits per heavy atom. The second-order valence-corrected chi connectivity index (χ2v) is 9.45. The van der Waals surface area contributed by atoms with Gasteiger partial charge in [-0.15, -0.1) is 0 Å². The fourth-order valence-electron chi connectivity index (χ4n) is 4.37. The molecule has 2 unspecified atom stereocenters. The summed E-state index contributed by atoms with van der Waals surface area (Å²) in [5.74, 6) is 0.0840. The van der Waals surface area contributed by atoms with Crippen LogP contribution in [0.3, 0.4) is 0 Å². The smallest absolute Gasteiger partial charge is 0.234 e. The van der Waals surface area contributed by atoms with Crippen LogP contribution in [0.25, 0.3) is 0 Å². The predicted octanol–water partition coefficient (Wildman–Crippen LogP) is 1.54. The molecule has 1 fully saturated rings. The van der Waals surface area contributed by atoms with Crippen molar-refractivity contribution in [1.82, 2.24) is 31.1 Å². The standard InChI is InChI=1S/C28H42N6O2/c1-23(25-9-5-3-6-10-25)31-27(35)21-33-17-13-29-15-19-34(20-16-30-14-18-33)22-28(36)32-24(2)26-11-7-4-8-12-26/h3-12,23-24,29-30H,13-22H2,1-2H3,(H,31,35)(H,32,36). The number of hydrogen-bond acceptors (Lipinski definition) is 6. The van der Waals surface area contributed by atoms with E-state index >= 15 is 0 Å². The summed E-state index contributed by atoms with van der Waals surface area (Å²) in [4.78, 5) is 29.7. The average Bonchev–Trinajstić information content (AvgIpc) is 2.87. The monoisotopic (exact) mass is 494 g/mol. The van der Waals surface area contributed by atoms with E-state index in [1.807, 2.05) is 74.5 Å². The van der Waals surface area contributed by atoms with Gasteiger partial charge < -0.3 is 21.3 Å². The van der Waals surface area contributed by atoms with Gasteiger partial charge in [0.25, 0.3) is 0 Å². The third-order valence-electron chi connectivity index (χ3n) is 6.51. The van der Waals surface area contributed by atoms with Gasteiger partial charge in [0, 0.05) is 52.4 Å². The molecule has 3 rings (SSSR count). The summed E-state index contributed by atoms with van der Waals surface area (Å²) in [6.07, 6.45) is 0. The molecule has 0 aromatic heterocycles. The Balaban J connectivity index is 1.39. The highest BCUT2D eigenvalue weighted by molar-refractivity contribution is 5.79. The second kappa shape index (κ2) is 15.4. The molecule has 196 valence electrons. The molecule has 0 spiro atoms. The lowest BCUT2D eigenvalue weighted by atomic mass is 10.1. The number of rotatable bonds is 8. The minimum atomic E-state index is -0.0127. The van der Waals surface area contributed by atoms with E-state index in [-0.39, 0.29) is 23.9 Å². The number of hydrogen-bond donors (Lipinski definition) is 4. The number of nitrogens with zero attached hydrogens (tertiary/aromatic N) is 2. The second-order valence-electron chi connectivity index (χ2n) is 9.45. The molecule has 1 heterocycles. The molecule has 0 radical (unpaired) electrons. The number of carbonyl (C=O) groups excluding carboxylic acids is 2. The quantitative estimate of drug-likeness (QED) is 0.445. The summed E-state index contributed by atoms with van der Waals surface area (Å²) in [5.41, 5.74) is 2.21. The lowest BCUT2D eigenvalue weighted by molar-refractivity contribution is -0.123. The first kappa shape index (κ1) is 27.8. The van der Waals surface area contributed by atoms with E-state index in [2.05, 4.69) is 31.1 Å². The van der Waals surface area contributed by atoms with Gasteiger partial charge in [-0.3, -0.25) is 19.4 Å². The van der Waals surface area contributed by atoms with Gasteiger partial charge in [-0.1, -0.05) is 60.7 Å². The molecule has 0 saturated carbocycles. The SMILES string of the molecule is CC(NC(=O)CN1CCNCCN(CC(=O)NC(C)c2ccccc2)CCNCC1)c1ccccc1. The van der Waals surface area contributed by atoms with Crippen LogP contribution < -0.4 is 21.3 Å². The maximum Gasteiger partial charge on any atom is 0.234 e. The number of benzene rings is 2. The van der Waals surface area contributed by atoms with Gasteiger partial charge in [0.05, 0.1) is 25.2 Å². The van der Waals surface area contributed by atoms with Gasteiger partial charge >= 0.3 is 0 Å². The van der Waals surface area contributed by atoms with Crippen LogP contribution in [-0.4, -0.2) is 87.1 Å². The van der Waals surface area contributed by atoms with Crippen LogP contribution in [0, 0.1) is 0 Å². The Kier molecular flexibility index (Phi) is 11.9. The molecule has 1 aliphatic heterocycles. The van der Waals surface area contributed by atoms with Crippen molar-refractivity contribution in [2.24, 2.45) is 0 Å². The lowest BCUT2D eigenvalue weighted by Crippen LogP contribution is -2.47. The van der Waals surface area contributed by atoms with E-state index in [0.717, 1.165) is 63.5 Å². The molecule has 2 aromatic carbocycles.